The van der Waals surface area contributed by atoms with Gasteiger partial charge in [-0.25, -0.2) is 0 Å². The summed E-state index contributed by atoms with van der Waals surface area (Å²) in [5.74, 6) is 2.68. The summed E-state index contributed by atoms with van der Waals surface area (Å²) >= 11 is 0. The molecule has 0 atom stereocenters. The first-order valence-corrected chi connectivity index (χ1v) is 5.60. The number of nitrogens with one attached hydrogen (secondary N) is 1. The predicted molar refractivity (Wildman–Crippen MR) is 57.6 cm³/mol. The lowest BCUT2D eigenvalue weighted by Gasteiger charge is -2.15. The average molecular weight is 179 g/mol. The van der Waals surface area contributed by atoms with Gasteiger partial charge in [0.05, 0.1) is 0 Å². The molecule has 0 amide bonds. The van der Waals surface area contributed by atoms with Gasteiger partial charge in [0.25, 0.3) is 0 Å². The van der Waals surface area contributed by atoms with Gasteiger partial charge in [0.2, 0.25) is 0 Å². The molecule has 1 aliphatic rings. The summed E-state index contributed by atoms with van der Waals surface area (Å²) in [5, 5.41) is 3.60. The van der Waals surface area contributed by atoms with Gasteiger partial charge in [-0.1, -0.05) is 25.7 Å². The van der Waals surface area contributed by atoms with Crippen molar-refractivity contribution in [1.82, 2.24) is 5.32 Å². The van der Waals surface area contributed by atoms with Gasteiger partial charge in [-0.2, -0.15) is 0 Å². The smallest absolute Gasteiger partial charge is 0.00981 e. The van der Waals surface area contributed by atoms with E-state index in [1.54, 1.807) is 0 Å². The Bertz CT molecular complexity index is 149. The number of rotatable bonds is 4. The molecule has 1 rings (SSSR count). The van der Waals surface area contributed by atoms with E-state index in [9.17, 15) is 0 Å². The van der Waals surface area contributed by atoms with Crippen LogP contribution in [0.25, 0.3) is 0 Å². The second kappa shape index (κ2) is 6.97. The molecule has 1 heteroatoms. The summed E-state index contributed by atoms with van der Waals surface area (Å²) in [6, 6.07) is 0.778. The third-order valence-corrected chi connectivity index (χ3v) is 2.79. The normalized spacial score (nSPS) is 19.3. The third-order valence-electron chi connectivity index (χ3n) is 2.79. The number of unbranched alkanes of at least 4 members (excludes halogenated alkanes) is 1. The van der Waals surface area contributed by atoms with E-state index in [1.165, 1.54) is 38.5 Å². The first-order chi connectivity index (χ1) is 6.43. The zero-order chi connectivity index (χ0) is 9.36. The van der Waals surface area contributed by atoms with Crippen molar-refractivity contribution in [2.75, 3.05) is 6.54 Å². The van der Waals surface area contributed by atoms with Crippen LogP contribution in [-0.2, 0) is 0 Å². The van der Waals surface area contributed by atoms with Crippen LogP contribution >= 0.6 is 0 Å². The van der Waals surface area contributed by atoms with Gasteiger partial charge in [0.1, 0.15) is 0 Å². The van der Waals surface area contributed by atoms with Gasteiger partial charge in [-0.3, -0.25) is 0 Å². The molecule has 0 unspecified atom stereocenters. The molecule has 0 aromatic rings. The second-order valence-corrected chi connectivity index (χ2v) is 3.95. The Morgan fingerprint density at radius 3 is 2.46 bits per heavy atom. The molecule has 13 heavy (non-hydrogen) atoms. The highest BCUT2D eigenvalue weighted by atomic mass is 14.9. The highest BCUT2D eigenvalue weighted by Crippen LogP contribution is 2.16. The minimum atomic E-state index is 0.778. The zero-order valence-electron chi connectivity index (χ0n) is 8.52. The molecular formula is C12H21N. The number of hydrogen-bond acceptors (Lipinski definition) is 1. The Labute approximate surface area is 82.3 Å². The SMILES string of the molecule is C#CCCCNC1CCCCCC1. The van der Waals surface area contributed by atoms with Crippen LogP contribution in [0, 0.1) is 12.3 Å². The van der Waals surface area contributed by atoms with E-state index in [4.69, 9.17) is 6.42 Å². The van der Waals surface area contributed by atoms with Crippen molar-refractivity contribution in [3.63, 3.8) is 0 Å². The van der Waals surface area contributed by atoms with E-state index in [-0.39, 0.29) is 0 Å². The minimum absolute atomic E-state index is 0.778. The molecule has 1 nitrogen and oxygen atoms in total. The summed E-state index contributed by atoms with van der Waals surface area (Å²) in [7, 11) is 0. The molecule has 74 valence electrons. The van der Waals surface area contributed by atoms with Crippen molar-refractivity contribution in [3.05, 3.63) is 0 Å². The van der Waals surface area contributed by atoms with Crippen LogP contribution < -0.4 is 5.32 Å². The summed E-state index contributed by atoms with van der Waals surface area (Å²) in [6.07, 6.45) is 15.7. The summed E-state index contributed by atoms with van der Waals surface area (Å²) in [5.41, 5.74) is 0. The predicted octanol–water partition coefficient (Wildman–Crippen LogP) is 2.71. The van der Waals surface area contributed by atoms with E-state index < -0.39 is 0 Å². The van der Waals surface area contributed by atoms with Crippen molar-refractivity contribution in [2.24, 2.45) is 0 Å². The fourth-order valence-corrected chi connectivity index (χ4v) is 1.98. The van der Waals surface area contributed by atoms with Crippen molar-refractivity contribution in [1.29, 1.82) is 0 Å². The quantitative estimate of drug-likeness (QED) is 0.397. The molecule has 1 aliphatic carbocycles. The van der Waals surface area contributed by atoms with Crippen LogP contribution in [0.5, 0.6) is 0 Å². The Kier molecular flexibility index (Phi) is 5.69. The molecule has 1 saturated carbocycles. The first-order valence-electron chi connectivity index (χ1n) is 5.60. The fourth-order valence-electron chi connectivity index (χ4n) is 1.98. The monoisotopic (exact) mass is 179 g/mol. The highest BCUT2D eigenvalue weighted by Gasteiger charge is 2.10. The maximum absolute atomic E-state index is 5.19. The number of terminal acetylenes is 1. The van der Waals surface area contributed by atoms with Crippen LogP contribution in [-0.4, -0.2) is 12.6 Å². The standard InChI is InChI=1S/C12H21N/c1-2-3-8-11-13-12-9-6-4-5-7-10-12/h1,12-13H,3-11H2. The van der Waals surface area contributed by atoms with Gasteiger partial charge >= 0.3 is 0 Å². The lowest BCUT2D eigenvalue weighted by Crippen LogP contribution is -2.29. The largest absolute Gasteiger partial charge is 0.314 e. The minimum Gasteiger partial charge on any atom is -0.314 e. The fraction of sp³-hybridized carbons (Fsp3) is 0.833. The van der Waals surface area contributed by atoms with Crippen LogP contribution in [0.3, 0.4) is 0 Å². The van der Waals surface area contributed by atoms with E-state index in [1.807, 2.05) is 0 Å². The Morgan fingerprint density at radius 2 is 1.85 bits per heavy atom. The maximum atomic E-state index is 5.19. The Hall–Kier alpha value is -0.480. The van der Waals surface area contributed by atoms with Gasteiger partial charge in [-0.15, -0.1) is 12.3 Å². The number of hydrogen-bond donors (Lipinski definition) is 1. The molecule has 0 saturated heterocycles. The third kappa shape index (κ3) is 4.95. The Morgan fingerprint density at radius 1 is 1.15 bits per heavy atom. The molecule has 1 fully saturated rings. The van der Waals surface area contributed by atoms with Crippen LogP contribution in [0.2, 0.25) is 0 Å². The molecule has 0 bridgehead atoms. The van der Waals surface area contributed by atoms with Gasteiger partial charge in [0, 0.05) is 12.5 Å². The topological polar surface area (TPSA) is 12.0 Å². The molecule has 0 spiro atoms. The van der Waals surface area contributed by atoms with Gasteiger partial charge < -0.3 is 5.32 Å². The van der Waals surface area contributed by atoms with Crippen molar-refractivity contribution in [2.45, 2.75) is 57.4 Å². The van der Waals surface area contributed by atoms with E-state index in [0.29, 0.717) is 0 Å². The molecule has 0 aromatic carbocycles. The average Bonchev–Trinajstić information content (AvgIpc) is 2.41. The van der Waals surface area contributed by atoms with Crippen LogP contribution in [0.15, 0.2) is 0 Å². The van der Waals surface area contributed by atoms with E-state index in [0.717, 1.165) is 25.4 Å². The van der Waals surface area contributed by atoms with Crippen molar-refractivity contribution in [3.8, 4) is 12.3 Å². The van der Waals surface area contributed by atoms with Gasteiger partial charge in [0.15, 0.2) is 0 Å². The molecule has 0 aliphatic heterocycles. The molecule has 0 radical (unpaired) electrons. The van der Waals surface area contributed by atoms with Gasteiger partial charge in [-0.05, 0) is 25.8 Å². The molecule has 0 aromatic heterocycles. The molecule has 1 N–H and O–H groups in total. The van der Waals surface area contributed by atoms with E-state index >= 15 is 0 Å². The summed E-state index contributed by atoms with van der Waals surface area (Å²) in [4.78, 5) is 0. The molecule has 0 heterocycles. The van der Waals surface area contributed by atoms with E-state index in [2.05, 4.69) is 11.2 Å². The molecular weight excluding hydrogens is 158 g/mol. The van der Waals surface area contributed by atoms with Crippen LogP contribution in [0.1, 0.15) is 51.4 Å². The van der Waals surface area contributed by atoms with Crippen molar-refractivity contribution < 1.29 is 0 Å². The lowest BCUT2D eigenvalue weighted by atomic mass is 10.1. The maximum Gasteiger partial charge on any atom is 0.00981 e. The second-order valence-electron chi connectivity index (χ2n) is 3.95. The highest BCUT2D eigenvalue weighted by molar-refractivity contribution is 4.83. The van der Waals surface area contributed by atoms with Crippen molar-refractivity contribution >= 4 is 0 Å². The van der Waals surface area contributed by atoms with Crippen LogP contribution in [0.4, 0.5) is 0 Å². The first kappa shape index (κ1) is 10.6. The zero-order valence-corrected chi connectivity index (χ0v) is 8.52. The summed E-state index contributed by atoms with van der Waals surface area (Å²) < 4.78 is 0. The summed E-state index contributed by atoms with van der Waals surface area (Å²) in [6.45, 7) is 1.11. The Balaban J connectivity index is 2.02. The lowest BCUT2D eigenvalue weighted by molar-refractivity contribution is 0.457.